The van der Waals surface area contributed by atoms with Gasteiger partial charge in [0.15, 0.2) is 5.82 Å². The Bertz CT molecular complexity index is 1650. The summed E-state index contributed by atoms with van der Waals surface area (Å²) in [5, 5.41) is 0. The largest absolute Gasteiger partial charge is 0.378 e. The van der Waals surface area contributed by atoms with E-state index in [1.165, 1.54) is 9.47 Å². The number of amides is 2. The Labute approximate surface area is 245 Å². The number of aromatic nitrogens is 5. The van der Waals surface area contributed by atoms with Crippen LogP contribution in [0.2, 0.25) is 0 Å². The molecule has 43 heavy (non-hydrogen) atoms. The molecule has 2 amide bonds. The van der Waals surface area contributed by atoms with Crippen LogP contribution in [0.1, 0.15) is 33.0 Å². The number of carbonyl (C=O) groups is 2. The van der Waals surface area contributed by atoms with Gasteiger partial charge in [0.05, 0.1) is 35.4 Å². The maximum atomic E-state index is 14.2. The Balaban J connectivity index is 1.12. The number of anilines is 2. The maximum Gasteiger partial charge on any atom is 0.296 e. The van der Waals surface area contributed by atoms with Gasteiger partial charge in [-0.05, 0) is 24.3 Å². The third kappa shape index (κ3) is 5.06. The number of imidazole rings is 1. The SMILES string of the molecule is O=C1c2ccccc2C(=O)N1CCN1CCN(c2nc(N3CCOCC3)nc(-n3c(C(F)F)nc4ccccc43)n2)CC1. The van der Waals surface area contributed by atoms with Crippen LogP contribution in [0.25, 0.3) is 17.0 Å². The molecule has 0 N–H and O–H groups in total. The lowest BCUT2D eigenvalue weighted by atomic mass is 10.1. The Morgan fingerprint density at radius 1 is 0.698 bits per heavy atom. The second-order valence-electron chi connectivity index (χ2n) is 10.6. The molecular weight excluding hydrogens is 560 g/mol. The summed E-state index contributed by atoms with van der Waals surface area (Å²) in [5.41, 5.74) is 1.81. The lowest BCUT2D eigenvalue weighted by Crippen LogP contribution is -2.49. The molecule has 0 radical (unpaired) electrons. The summed E-state index contributed by atoms with van der Waals surface area (Å²) < 4.78 is 35.2. The van der Waals surface area contributed by atoms with Crippen molar-refractivity contribution in [1.29, 1.82) is 0 Å². The zero-order valence-corrected chi connectivity index (χ0v) is 23.3. The van der Waals surface area contributed by atoms with Crippen molar-refractivity contribution in [2.45, 2.75) is 6.43 Å². The van der Waals surface area contributed by atoms with Gasteiger partial charge in [0, 0.05) is 52.4 Å². The lowest BCUT2D eigenvalue weighted by molar-refractivity contribution is 0.0634. The van der Waals surface area contributed by atoms with Crippen LogP contribution in [0.15, 0.2) is 48.5 Å². The van der Waals surface area contributed by atoms with Crippen LogP contribution >= 0.6 is 0 Å². The number of piperazine rings is 1. The number of carbonyl (C=O) groups excluding carboxylic acids is 2. The number of ether oxygens (including phenoxy) is 1. The van der Waals surface area contributed by atoms with Crippen LogP contribution in [0.3, 0.4) is 0 Å². The number of imide groups is 1. The quantitative estimate of drug-likeness (QED) is 0.298. The Hall–Kier alpha value is -4.56. The predicted octanol–water partition coefficient (Wildman–Crippen LogP) is 2.40. The topological polar surface area (TPSA) is 113 Å². The third-order valence-corrected chi connectivity index (χ3v) is 8.05. The second-order valence-corrected chi connectivity index (χ2v) is 10.6. The first-order valence-electron chi connectivity index (χ1n) is 14.2. The number of hydrogen-bond acceptors (Lipinski definition) is 10. The van der Waals surface area contributed by atoms with E-state index in [1.54, 1.807) is 48.5 Å². The van der Waals surface area contributed by atoms with Gasteiger partial charge >= 0.3 is 0 Å². The van der Waals surface area contributed by atoms with Crippen molar-refractivity contribution in [3.63, 3.8) is 0 Å². The van der Waals surface area contributed by atoms with Crippen molar-refractivity contribution >= 4 is 34.7 Å². The van der Waals surface area contributed by atoms with Gasteiger partial charge in [-0.1, -0.05) is 24.3 Å². The van der Waals surface area contributed by atoms with Crippen molar-refractivity contribution in [2.24, 2.45) is 0 Å². The molecule has 2 fully saturated rings. The summed E-state index contributed by atoms with van der Waals surface area (Å²) in [4.78, 5) is 51.2. The van der Waals surface area contributed by atoms with E-state index in [0.717, 1.165) is 0 Å². The van der Waals surface area contributed by atoms with E-state index in [0.29, 0.717) is 99.6 Å². The molecule has 2 aromatic heterocycles. The zero-order chi connectivity index (χ0) is 29.5. The van der Waals surface area contributed by atoms with Crippen molar-refractivity contribution < 1.29 is 23.1 Å². The highest BCUT2D eigenvalue weighted by Crippen LogP contribution is 2.28. The van der Waals surface area contributed by atoms with E-state index >= 15 is 0 Å². The van der Waals surface area contributed by atoms with Crippen LogP contribution in [-0.2, 0) is 4.74 Å². The molecule has 5 heterocycles. The van der Waals surface area contributed by atoms with Gasteiger partial charge in [0.1, 0.15) is 0 Å². The van der Waals surface area contributed by atoms with Crippen LogP contribution in [0.4, 0.5) is 20.7 Å². The summed E-state index contributed by atoms with van der Waals surface area (Å²) in [6, 6.07) is 13.8. The highest BCUT2D eigenvalue weighted by atomic mass is 19.3. The molecule has 2 saturated heterocycles. The summed E-state index contributed by atoms with van der Waals surface area (Å²) in [6.45, 7) is 5.44. The molecule has 14 heteroatoms. The minimum atomic E-state index is -2.83. The number of fused-ring (bicyclic) bond motifs is 2. The van der Waals surface area contributed by atoms with Gasteiger partial charge < -0.3 is 14.5 Å². The molecule has 0 bridgehead atoms. The van der Waals surface area contributed by atoms with Crippen molar-refractivity contribution in [3.05, 3.63) is 65.5 Å². The van der Waals surface area contributed by atoms with E-state index < -0.39 is 12.2 Å². The fourth-order valence-electron chi connectivity index (χ4n) is 5.75. The number of rotatable bonds is 7. The number of morpholine rings is 1. The Kier molecular flexibility index (Phi) is 7.15. The van der Waals surface area contributed by atoms with Gasteiger partial charge in [-0.2, -0.15) is 15.0 Å². The van der Waals surface area contributed by atoms with E-state index in [1.807, 2.05) is 9.80 Å². The summed E-state index contributed by atoms with van der Waals surface area (Å²) in [6.07, 6.45) is -2.83. The highest BCUT2D eigenvalue weighted by Gasteiger charge is 2.35. The first-order chi connectivity index (χ1) is 21.0. The van der Waals surface area contributed by atoms with Crippen LogP contribution in [0.5, 0.6) is 0 Å². The van der Waals surface area contributed by atoms with Crippen molar-refractivity contribution in [2.75, 3.05) is 75.4 Å². The molecule has 12 nitrogen and oxygen atoms in total. The van der Waals surface area contributed by atoms with Gasteiger partial charge in [-0.25, -0.2) is 13.8 Å². The molecule has 0 aliphatic carbocycles. The molecule has 222 valence electrons. The molecule has 0 spiro atoms. The molecule has 7 rings (SSSR count). The summed E-state index contributed by atoms with van der Waals surface area (Å²) >= 11 is 0. The maximum absolute atomic E-state index is 14.2. The van der Waals surface area contributed by atoms with E-state index in [2.05, 4.69) is 19.9 Å². The highest BCUT2D eigenvalue weighted by molar-refractivity contribution is 6.21. The van der Waals surface area contributed by atoms with Crippen molar-refractivity contribution in [3.8, 4) is 5.95 Å². The molecule has 3 aliphatic heterocycles. The predicted molar refractivity (Wildman–Crippen MR) is 153 cm³/mol. The molecule has 3 aliphatic rings. The molecule has 4 aromatic rings. The number of benzene rings is 2. The van der Waals surface area contributed by atoms with E-state index in [4.69, 9.17) is 9.72 Å². The zero-order valence-electron chi connectivity index (χ0n) is 23.3. The number of para-hydroxylation sites is 2. The fourth-order valence-corrected chi connectivity index (χ4v) is 5.75. The average molecular weight is 590 g/mol. The lowest BCUT2D eigenvalue weighted by Gasteiger charge is -2.35. The normalized spacial score (nSPS) is 17.9. The number of nitrogens with zero attached hydrogens (tertiary/aromatic N) is 9. The first-order valence-corrected chi connectivity index (χ1v) is 14.2. The minimum absolute atomic E-state index is 0.0866. The molecule has 0 atom stereocenters. The minimum Gasteiger partial charge on any atom is -0.378 e. The van der Waals surface area contributed by atoms with Crippen LogP contribution in [-0.4, -0.2) is 112 Å². The van der Waals surface area contributed by atoms with Crippen molar-refractivity contribution in [1.82, 2.24) is 34.3 Å². The van der Waals surface area contributed by atoms with Gasteiger partial charge in [0.2, 0.25) is 17.8 Å². The fraction of sp³-hybridized carbons (Fsp3) is 0.379. The second kappa shape index (κ2) is 11.3. The standard InChI is InChI=1S/C29H29F2N9O3/c30-23(31)24-32-21-7-3-4-8-22(21)40(24)29-34-27(33-28(35-29)38-15-17-43-18-16-38)37-12-9-36(10-13-37)11-14-39-25(41)19-5-1-2-6-20(19)26(39)42/h1-8,23H,9-18H2. The smallest absolute Gasteiger partial charge is 0.296 e. The summed E-state index contributed by atoms with van der Waals surface area (Å²) in [7, 11) is 0. The van der Waals surface area contributed by atoms with Gasteiger partial charge in [-0.3, -0.25) is 24.0 Å². The van der Waals surface area contributed by atoms with Crippen LogP contribution in [0, 0.1) is 0 Å². The van der Waals surface area contributed by atoms with Crippen LogP contribution < -0.4 is 9.80 Å². The molecule has 0 saturated carbocycles. The average Bonchev–Trinajstić information content (AvgIpc) is 3.56. The monoisotopic (exact) mass is 589 g/mol. The van der Waals surface area contributed by atoms with E-state index in [9.17, 15) is 18.4 Å². The number of hydrogen-bond donors (Lipinski definition) is 0. The Morgan fingerprint density at radius 3 is 1.93 bits per heavy atom. The van der Waals surface area contributed by atoms with E-state index in [-0.39, 0.29) is 17.8 Å². The third-order valence-electron chi connectivity index (χ3n) is 8.05. The number of halogens is 2. The van der Waals surface area contributed by atoms with Gasteiger partial charge in [0.25, 0.3) is 18.2 Å². The molecule has 0 unspecified atom stereocenters. The van der Waals surface area contributed by atoms with Gasteiger partial charge in [-0.15, -0.1) is 0 Å². The Morgan fingerprint density at radius 2 is 1.28 bits per heavy atom. The first kappa shape index (κ1) is 27.3. The molecule has 2 aromatic carbocycles. The summed E-state index contributed by atoms with van der Waals surface area (Å²) in [5.74, 6) is -0.0720. The number of alkyl halides is 2. The molecular formula is C29H29F2N9O3.